The quantitative estimate of drug-likeness (QED) is 0.563. The molecule has 1 fully saturated rings. The van der Waals surface area contributed by atoms with Crippen LogP contribution in [-0.2, 0) is 11.3 Å². The van der Waals surface area contributed by atoms with E-state index >= 15 is 0 Å². The van der Waals surface area contributed by atoms with Gasteiger partial charge in [-0.05, 0) is 44.2 Å². The maximum Gasteiger partial charge on any atom is 0.246 e. The van der Waals surface area contributed by atoms with Gasteiger partial charge in [-0.1, -0.05) is 16.8 Å². The van der Waals surface area contributed by atoms with Crippen molar-refractivity contribution in [2.24, 2.45) is 0 Å². The summed E-state index contributed by atoms with van der Waals surface area (Å²) in [4.78, 5) is 16.7. The van der Waals surface area contributed by atoms with Crippen molar-refractivity contribution in [2.45, 2.75) is 20.4 Å². The third-order valence-corrected chi connectivity index (χ3v) is 5.62. The van der Waals surface area contributed by atoms with Crippen LogP contribution >= 0.6 is 11.6 Å². The molecule has 1 amide bonds. The Balaban J connectivity index is 1.38. The number of carbonyl (C=O) groups is 1. The second-order valence-electron chi connectivity index (χ2n) is 7.55. The van der Waals surface area contributed by atoms with Gasteiger partial charge in [0.1, 0.15) is 11.0 Å². The number of benzene rings is 1. The highest BCUT2D eigenvalue weighted by molar-refractivity contribution is 6.31. The van der Waals surface area contributed by atoms with E-state index in [0.29, 0.717) is 41.7 Å². The van der Waals surface area contributed by atoms with Crippen LogP contribution in [-0.4, -0.2) is 56.8 Å². The van der Waals surface area contributed by atoms with Crippen LogP contribution in [0.1, 0.15) is 22.7 Å². The van der Waals surface area contributed by atoms with E-state index in [1.807, 2.05) is 24.8 Å². The predicted octanol–water partition coefficient (Wildman–Crippen LogP) is 3.63. The van der Waals surface area contributed by atoms with E-state index in [2.05, 4.69) is 15.2 Å². The number of aryl methyl sites for hydroxylation is 2. The number of piperazine rings is 1. The van der Waals surface area contributed by atoms with Crippen LogP contribution in [0.25, 0.3) is 11.8 Å². The highest BCUT2D eigenvalue weighted by Gasteiger charge is 2.21. The number of carbonyl (C=O) groups excluding carboxylic acids is 1. The fourth-order valence-corrected chi connectivity index (χ4v) is 3.89. The second-order valence-corrected chi connectivity index (χ2v) is 7.91. The van der Waals surface area contributed by atoms with Gasteiger partial charge in [-0.25, -0.2) is 9.07 Å². The lowest BCUT2D eigenvalue weighted by molar-refractivity contribution is -0.127. The summed E-state index contributed by atoms with van der Waals surface area (Å²) in [6.45, 7) is 7.21. The molecule has 0 saturated carbocycles. The maximum atomic E-state index is 13.2. The number of amides is 1. The summed E-state index contributed by atoms with van der Waals surface area (Å²) < 4.78 is 20.0. The molecule has 3 heterocycles. The van der Waals surface area contributed by atoms with Gasteiger partial charge in [0.05, 0.1) is 23.6 Å². The Morgan fingerprint density at radius 1 is 1.19 bits per heavy atom. The molecule has 0 bridgehead atoms. The largest absolute Gasteiger partial charge is 0.360 e. The van der Waals surface area contributed by atoms with Gasteiger partial charge in [-0.15, -0.1) is 0 Å². The Morgan fingerprint density at radius 2 is 1.90 bits per heavy atom. The van der Waals surface area contributed by atoms with Gasteiger partial charge in [0.15, 0.2) is 5.76 Å². The molecule has 4 rings (SSSR count). The molecular formula is C22H23ClFN5O2. The minimum Gasteiger partial charge on any atom is -0.360 e. The number of hydrogen-bond donors (Lipinski definition) is 0. The van der Waals surface area contributed by atoms with E-state index in [-0.39, 0.29) is 11.7 Å². The number of halogens is 2. The third-order valence-electron chi connectivity index (χ3n) is 5.25. The molecule has 0 N–H and O–H groups in total. The Kier molecular flexibility index (Phi) is 6.20. The smallest absolute Gasteiger partial charge is 0.246 e. The first-order valence-corrected chi connectivity index (χ1v) is 10.4. The minimum atomic E-state index is -0.328. The SMILES string of the molecule is Cc1cc(CN2CCN(C(=O)/C=C/c3c(C)nn(-c4ccc(F)cc4)c3Cl)CC2)on1. The molecule has 7 nitrogen and oxygen atoms in total. The average Bonchev–Trinajstić information content (AvgIpc) is 3.29. The molecule has 0 atom stereocenters. The van der Waals surface area contributed by atoms with Crippen molar-refractivity contribution in [3.05, 3.63) is 70.1 Å². The molecule has 31 heavy (non-hydrogen) atoms. The maximum absolute atomic E-state index is 13.2. The van der Waals surface area contributed by atoms with Crippen LogP contribution < -0.4 is 0 Å². The monoisotopic (exact) mass is 443 g/mol. The molecule has 1 aliphatic rings. The summed E-state index contributed by atoms with van der Waals surface area (Å²) >= 11 is 6.48. The highest BCUT2D eigenvalue weighted by atomic mass is 35.5. The fraction of sp³-hybridized carbons (Fsp3) is 0.318. The van der Waals surface area contributed by atoms with E-state index in [4.69, 9.17) is 16.1 Å². The van der Waals surface area contributed by atoms with Gasteiger partial charge in [0.25, 0.3) is 0 Å². The first kappa shape index (κ1) is 21.3. The lowest BCUT2D eigenvalue weighted by Gasteiger charge is -2.33. The van der Waals surface area contributed by atoms with Gasteiger partial charge >= 0.3 is 0 Å². The topological polar surface area (TPSA) is 67.4 Å². The molecular weight excluding hydrogens is 421 g/mol. The summed E-state index contributed by atoms with van der Waals surface area (Å²) in [5.74, 6) is 0.436. The number of rotatable bonds is 5. The Morgan fingerprint density at radius 3 is 2.55 bits per heavy atom. The van der Waals surface area contributed by atoms with Gasteiger partial charge in [-0.3, -0.25) is 9.69 Å². The molecule has 0 aliphatic carbocycles. The third kappa shape index (κ3) is 4.86. The van der Waals surface area contributed by atoms with Crippen LogP contribution in [0.4, 0.5) is 4.39 Å². The summed E-state index contributed by atoms with van der Waals surface area (Å²) in [7, 11) is 0. The Labute approximate surface area is 184 Å². The first-order chi connectivity index (χ1) is 14.9. The second kappa shape index (κ2) is 9.03. The summed E-state index contributed by atoms with van der Waals surface area (Å²) in [6, 6.07) is 7.84. The molecule has 9 heteroatoms. The minimum absolute atomic E-state index is 0.0693. The van der Waals surface area contributed by atoms with Crippen molar-refractivity contribution >= 4 is 23.6 Å². The number of aromatic nitrogens is 3. The van der Waals surface area contributed by atoms with Crippen molar-refractivity contribution in [1.29, 1.82) is 0 Å². The van der Waals surface area contributed by atoms with Crippen molar-refractivity contribution in [3.8, 4) is 5.69 Å². The molecule has 1 aromatic carbocycles. The molecule has 0 spiro atoms. The summed E-state index contributed by atoms with van der Waals surface area (Å²) in [5.41, 5.74) is 2.87. The summed E-state index contributed by atoms with van der Waals surface area (Å²) in [6.07, 6.45) is 3.22. The van der Waals surface area contributed by atoms with E-state index in [0.717, 1.165) is 24.5 Å². The predicted molar refractivity (Wildman–Crippen MR) is 115 cm³/mol. The zero-order valence-electron chi connectivity index (χ0n) is 17.4. The van der Waals surface area contributed by atoms with E-state index in [1.54, 1.807) is 18.2 Å². The van der Waals surface area contributed by atoms with Crippen LogP contribution in [0.5, 0.6) is 0 Å². The Hall–Kier alpha value is -2.97. The van der Waals surface area contributed by atoms with Crippen LogP contribution in [0.2, 0.25) is 5.15 Å². The zero-order chi connectivity index (χ0) is 22.0. The van der Waals surface area contributed by atoms with Gasteiger partial charge in [-0.2, -0.15) is 5.10 Å². The molecule has 3 aromatic rings. The van der Waals surface area contributed by atoms with Crippen LogP contribution in [0.3, 0.4) is 0 Å². The van der Waals surface area contributed by atoms with Gasteiger partial charge < -0.3 is 9.42 Å². The first-order valence-electron chi connectivity index (χ1n) is 10.0. The fourth-order valence-electron chi connectivity index (χ4n) is 3.55. The lowest BCUT2D eigenvalue weighted by atomic mass is 10.2. The van der Waals surface area contributed by atoms with E-state index < -0.39 is 0 Å². The highest BCUT2D eigenvalue weighted by Crippen LogP contribution is 2.25. The van der Waals surface area contributed by atoms with E-state index in [9.17, 15) is 9.18 Å². The molecule has 0 radical (unpaired) electrons. The average molecular weight is 444 g/mol. The van der Waals surface area contributed by atoms with Crippen molar-refractivity contribution in [1.82, 2.24) is 24.7 Å². The van der Waals surface area contributed by atoms with Crippen LogP contribution in [0, 0.1) is 19.7 Å². The number of hydrogen-bond acceptors (Lipinski definition) is 5. The molecule has 1 saturated heterocycles. The summed E-state index contributed by atoms with van der Waals surface area (Å²) in [5, 5.41) is 8.70. The van der Waals surface area contributed by atoms with Crippen molar-refractivity contribution in [3.63, 3.8) is 0 Å². The molecule has 2 aromatic heterocycles. The molecule has 1 aliphatic heterocycles. The standard InChI is InChI=1S/C22H23ClFN5O2/c1-15-13-19(31-26-15)14-27-9-11-28(12-10-27)21(30)8-7-20-16(2)25-29(22(20)23)18-5-3-17(24)4-6-18/h3-8,13H,9-12,14H2,1-2H3/b8-7+. The lowest BCUT2D eigenvalue weighted by Crippen LogP contribution is -2.47. The normalized spacial score (nSPS) is 15.2. The molecule has 0 unspecified atom stereocenters. The van der Waals surface area contributed by atoms with Gasteiger partial charge in [0.2, 0.25) is 5.91 Å². The molecule has 162 valence electrons. The van der Waals surface area contributed by atoms with Crippen molar-refractivity contribution in [2.75, 3.05) is 26.2 Å². The van der Waals surface area contributed by atoms with Gasteiger partial charge in [0, 0.05) is 43.9 Å². The van der Waals surface area contributed by atoms with Crippen molar-refractivity contribution < 1.29 is 13.7 Å². The zero-order valence-corrected chi connectivity index (χ0v) is 18.1. The number of nitrogens with zero attached hydrogens (tertiary/aromatic N) is 5. The Bertz CT molecular complexity index is 1100. The van der Waals surface area contributed by atoms with E-state index in [1.165, 1.54) is 22.9 Å². The van der Waals surface area contributed by atoms with Crippen LogP contribution in [0.15, 0.2) is 40.9 Å².